The maximum atomic E-state index is 12.8. The first-order valence-corrected chi connectivity index (χ1v) is 10.3. The molecule has 0 radical (unpaired) electrons. The number of carbonyl (C=O) groups is 2. The number of quaternary nitrogens is 1. The van der Waals surface area contributed by atoms with Crippen LogP contribution in [0.2, 0.25) is 0 Å². The first-order valence-electron chi connectivity index (χ1n) is 9.39. The maximum Gasteiger partial charge on any atom is 0.295 e. The van der Waals surface area contributed by atoms with Gasteiger partial charge >= 0.3 is 0 Å². The standard InChI is InChI=1S/C22H24N2O4S/c1-4-13-28-16-9-7-15(8-10-16)20(25)18-19(17-6-5-14-29-17)24(12-11-23(2)3)22(27)21(18)26/h4-10,14,19,25H,1,11-13H2,2-3H3/p+1/b20-18-/t19-/m1/s1. The highest BCUT2D eigenvalue weighted by molar-refractivity contribution is 7.10. The second-order valence-electron chi connectivity index (χ2n) is 7.09. The van der Waals surface area contributed by atoms with Gasteiger partial charge in [0.05, 0.1) is 38.8 Å². The Morgan fingerprint density at radius 1 is 1.28 bits per heavy atom. The van der Waals surface area contributed by atoms with E-state index in [9.17, 15) is 14.7 Å². The monoisotopic (exact) mass is 413 g/mol. The molecule has 0 bridgehead atoms. The number of rotatable bonds is 8. The maximum absolute atomic E-state index is 12.8. The van der Waals surface area contributed by atoms with Gasteiger partial charge in [-0.05, 0) is 35.7 Å². The smallest absolute Gasteiger partial charge is 0.295 e. The molecule has 1 aliphatic heterocycles. The molecule has 1 saturated heterocycles. The largest absolute Gasteiger partial charge is 0.507 e. The summed E-state index contributed by atoms with van der Waals surface area (Å²) in [7, 11) is 3.99. The fourth-order valence-electron chi connectivity index (χ4n) is 3.22. The number of likely N-dealkylation sites (tertiary alicyclic amines) is 1. The summed E-state index contributed by atoms with van der Waals surface area (Å²) in [6.45, 7) is 5.12. The third kappa shape index (κ3) is 4.41. The number of thiophene rings is 1. The molecule has 29 heavy (non-hydrogen) atoms. The number of carbonyl (C=O) groups excluding carboxylic acids is 2. The summed E-state index contributed by atoms with van der Waals surface area (Å²) in [6.07, 6.45) is 1.64. The SMILES string of the molecule is C=CCOc1ccc(/C(O)=C2/C(=O)C(=O)N(CC[NH+](C)C)[C@@H]2c2cccs2)cc1. The molecule has 7 heteroatoms. The molecule has 152 valence electrons. The van der Waals surface area contributed by atoms with Crippen LogP contribution in [0.25, 0.3) is 5.76 Å². The van der Waals surface area contributed by atoms with Gasteiger partial charge in [-0.1, -0.05) is 18.7 Å². The minimum atomic E-state index is -0.651. The van der Waals surface area contributed by atoms with Crippen molar-refractivity contribution in [3.05, 3.63) is 70.4 Å². The number of Topliss-reactive ketones (excluding diaryl/α,β-unsaturated/α-hetero) is 1. The Labute approximate surface area is 174 Å². The zero-order chi connectivity index (χ0) is 21.0. The van der Waals surface area contributed by atoms with E-state index in [2.05, 4.69) is 6.58 Å². The van der Waals surface area contributed by atoms with Crippen molar-refractivity contribution < 1.29 is 24.3 Å². The molecule has 2 N–H and O–H groups in total. The quantitative estimate of drug-likeness (QED) is 0.300. The second-order valence-corrected chi connectivity index (χ2v) is 8.07. The summed E-state index contributed by atoms with van der Waals surface area (Å²) in [4.78, 5) is 29.2. The van der Waals surface area contributed by atoms with Crippen LogP contribution in [-0.2, 0) is 9.59 Å². The number of likely N-dealkylation sites (N-methyl/N-ethyl adjacent to an activating group) is 1. The zero-order valence-corrected chi connectivity index (χ0v) is 17.4. The minimum absolute atomic E-state index is 0.131. The van der Waals surface area contributed by atoms with Crippen molar-refractivity contribution in [1.82, 2.24) is 4.90 Å². The molecule has 1 aromatic carbocycles. The number of benzene rings is 1. The average molecular weight is 414 g/mol. The van der Waals surface area contributed by atoms with Crippen LogP contribution in [0.5, 0.6) is 5.75 Å². The van der Waals surface area contributed by atoms with E-state index in [1.54, 1.807) is 35.2 Å². The lowest BCUT2D eigenvalue weighted by molar-refractivity contribution is -0.857. The first kappa shape index (κ1) is 20.8. The van der Waals surface area contributed by atoms with Crippen LogP contribution < -0.4 is 9.64 Å². The van der Waals surface area contributed by atoms with Crippen LogP contribution in [-0.4, -0.2) is 55.5 Å². The Hall–Kier alpha value is -2.90. The summed E-state index contributed by atoms with van der Waals surface area (Å²) in [5.41, 5.74) is 0.597. The summed E-state index contributed by atoms with van der Waals surface area (Å²) in [5, 5.41) is 12.9. The lowest BCUT2D eigenvalue weighted by atomic mass is 10.00. The van der Waals surface area contributed by atoms with Gasteiger partial charge in [-0.25, -0.2) is 0 Å². The van der Waals surface area contributed by atoms with Gasteiger partial charge in [0, 0.05) is 10.4 Å². The van der Waals surface area contributed by atoms with Crippen LogP contribution in [0, 0.1) is 0 Å². The Morgan fingerprint density at radius 2 is 2.00 bits per heavy atom. The number of nitrogens with zero attached hydrogens (tertiary/aromatic N) is 1. The Kier molecular flexibility index (Phi) is 6.51. The van der Waals surface area contributed by atoms with Crippen LogP contribution in [0.4, 0.5) is 0 Å². The van der Waals surface area contributed by atoms with Gasteiger partial charge in [0.1, 0.15) is 18.1 Å². The predicted octanol–water partition coefficient (Wildman–Crippen LogP) is 1.88. The predicted molar refractivity (Wildman–Crippen MR) is 113 cm³/mol. The molecule has 6 nitrogen and oxygen atoms in total. The van der Waals surface area contributed by atoms with Gasteiger partial charge < -0.3 is 19.6 Å². The normalized spacial score (nSPS) is 18.4. The molecule has 1 aliphatic rings. The third-order valence-electron chi connectivity index (χ3n) is 4.70. The van der Waals surface area contributed by atoms with Crippen molar-refractivity contribution in [3.8, 4) is 5.75 Å². The number of aliphatic hydroxyl groups excluding tert-OH is 1. The summed E-state index contributed by atoms with van der Waals surface area (Å²) in [5.74, 6) is -0.763. The molecular weight excluding hydrogens is 388 g/mol. The van der Waals surface area contributed by atoms with E-state index < -0.39 is 17.7 Å². The van der Waals surface area contributed by atoms with Gasteiger partial charge in [-0.15, -0.1) is 11.3 Å². The van der Waals surface area contributed by atoms with E-state index in [-0.39, 0.29) is 11.3 Å². The highest BCUT2D eigenvalue weighted by Gasteiger charge is 2.46. The van der Waals surface area contributed by atoms with E-state index >= 15 is 0 Å². The van der Waals surface area contributed by atoms with E-state index in [1.807, 2.05) is 31.6 Å². The van der Waals surface area contributed by atoms with Crippen LogP contribution in [0.15, 0.2) is 60.0 Å². The summed E-state index contributed by atoms with van der Waals surface area (Å²) >= 11 is 1.46. The Bertz CT molecular complexity index is 917. The van der Waals surface area contributed by atoms with Crippen LogP contribution in [0.3, 0.4) is 0 Å². The zero-order valence-electron chi connectivity index (χ0n) is 16.6. The molecule has 0 spiro atoms. The fourth-order valence-corrected chi connectivity index (χ4v) is 4.06. The van der Waals surface area contributed by atoms with Crippen molar-refractivity contribution in [2.75, 3.05) is 33.8 Å². The molecule has 0 aliphatic carbocycles. The molecular formula is C22H25N2O4S+. The topological polar surface area (TPSA) is 71.3 Å². The van der Waals surface area contributed by atoms with Gasteiger partial charge in [0.15, 0.2) is 0 Å². The number of hydrogen-bond acceptors (Lipinski definition) is 5. The number of ether oxygens (including phenoxy) is 1. The first-order chi connectivity index (χ1) is 13.9. The number of amides is 1. The summed E-state index contributed by atoms with van der Waals surface area (Å²) in [6, 6.07) is 9.96. The van der Waals surface area contributed by atoms with E-state index in [0.29, 0.717) is 31.0 Å². The molecule has 0 saturated carbocycles. The minimum Gasteiger partial charge on any atom is -0.507 e. The highest BCUT2D eigenvalue weighted by atomic mass is 32.1. The highest BCUT2D eigenvalue weighted by Crippen LogP contribution is 2.40. The van der Waals surface area contributed by atoms with Crippen molar-refractivity contribution in [2.45, 2.75) is 6.04 Å². The molecule has 1 aromatic heterocycles. The molecule has 2 heterocycles. The number of ketones is 1. The van der Waals surface area contributed by atoms with Crippen LogP contribution in [0.1, 0.15) is 16.5 Å². The molecule has 0 unspecified atom stereocenters. The lowest BCUT2D eigenvalue weighted by Gasteiger charge is -2.24. The van der Waals surface area contributed by atoms with Gasteiger partial charge in [0.25, 0.3) is 11.7 Å². The summed E-state index contributed by atoms with van der Waals surface area (Å²) < 4.78 is 5.46. The number of hydrogen-bond donors (Lipinski definition) is 2. The van der Waals surface area contributed by atoms with Crippen molar-refractivity contribution in [2.24, 2.45) is 0 Å². The average Bonchev–Trinajstić information content (AvgIpc) is 3.32. The third-order valence-corrected chi connectivity index (χ3v) is 5.63. The lowest BCUT2D eigenvalue weighted by Crippen LogP contribution is -3.06. The molecule has 1 amide bonds. The van der Waals surface area contributed by atoms with Crippen molar-refractivity contribution >= 4 is 28.8 Å². The van der Waals surface area contributed by atoms with E-state index in [4.69, 9.17) is 4.74 Å². The van der Waals surface area contributed by atoms with Crippen LogP contribution >= 0.6 is 11.3 Å². The molecule has 1 fully saturated rings. The van der Waals surface area contributed by atoms with Gasteiger partial charge in [-0.2, -0.15) is 0 Å². The molecule has 2 aromatic rings. The molecule has 1 atom stereocenters. The van der Waals surface area contributed by atoms with E-state index in [1.165, 1.54) is 16.2 Å². The number of aliphatic hydroxyl groups is 1. The molecule has 3 rings (SSSR count). The van der Waals surface area contributed by atoms with Gasteiger partial charge in [0.2, 0.25) is 0 Å². The fraction of sp³-hybridized carbons (Fsp3) is 0.273. The van der Waals surface area contributed by atoms with E-state index in [0.717, 1.165) is 4.88 Å². The Balaban J connectivity index is 2.00. The van der Waals surface area contributed by atoms with Crippen molar-refractivity contribution in [3.63, 3.8) is 0 Å². The Morgan fingerprint density at radius 3 is 2.59 bits per heavy atom. The number of nitrogens with one attached hydrogen (secondary N) is 1. The van der Waals surface area contributed by atoms with Gasteiger partial charge in [-0.3, -0.25) is 9.59 Å². The second kappa shape index (κ2) is 9.07. The van der Waals surface area contributed by atoms with Crippen molar-refractivity contribution in [1.29, 1.82) is 0 Å².